The van der Waals surface area contributed by atoms with E-state index in [0.29, 0.717) is 21.9 Å². The second kappa shape index (κ2) is 5.39. The lowest BCUT2D eigenvalue weighted by Crippen LogP contribution is -2.14. The largest absolute Gasteiger partial charge is 0.323 e. The molecule has 1 unspecified atom stereocenters. The molecule has 0 aliphatic rings. The SMILES string of the molecule is Cc1cc(F)c(-c2ccc(C(N)C(C)C)s2)cc1F. The molecule has 0 saturated heterocycles. The summed E-state index contributed by atoms with van der Waals surface area (Å²) in [5, 5.41) is 0. The van der Waals surface area contributed by atoms with Crippen molar-refractivity contribution in [3.63, 3.8) is 0 Å². The first kappa shape index (κ1) is 14.2. The van der Waals surface area contributed by atoms with Gasteiger partial charge in [-0.2, -0.15) is 0 Å². The van der Waals surface area contributed by atoms with Crippen molar-refractivity contribution in [2.75, 3.05) is 0 Å². The van der Waals surface area contributed by atoms with Crippen LogP contribution in [0.5, 0.6) is 0 Å². The van der Waals surface area contributed by atoms with Crippen LogP contribution in [0.25, 0.3) is 10.4 Å². The average molecular weight is 281 g/mol. The summed E-state index contributed by atoms with van der Waals surface area (Å²) in [7, 11) is 0. The first-order valence-electron chi connectivity index (χ1n) is 6.21. The summed E-state index contributed by atoms with van der Waals surface area (Å²) >= 11 is 1.42. The minimum Gasteiger partial charge on any atom is -0.323 e. The third kappa shape index (κ3) is 2.85. The van der Waals surface area contributed by atoms with Crippen molar-refractivity contribution >= 4 is 11.3 Å². The number of rotatable bonds is 3. The summed E-state index contributed by atoms with van der Waals surface area (Å²) in [6.45, 7) is 5.63. The highest BCUT2D eigenvalue weighted by Crippen LogP contribution is 2.35. The number of hydrogen-bond acceptors (Lipinski definition) is 2. The minimum atomic E-state index is -0.398. The van der Waals surface area contributed by atoms with Crippen LogP contribution in [-0.2, 0) is 0 Å². The number of thiophene rings is 1. The zero-order valence-electron chi connectivity index (χ0n) is 11.2. The lowest BCUT2D eigenvalue weighted by Gasteiger charge is -2.12. The topological polar surface area (TPSA) is 26.0 Å². The summed E-state index contributed by atoms with van der Waals surface area (Å²) in [5.74, 6) is -0.476. The van der Waals surface area contributed by atoms with Gasteiger partial charge in [-0.25, -0.2) is 8.78 Å². The Hall–Kier alpha value is -1.26. The van der Waals surface area contributed by atoms with Crippen LogP contribution < -0.4 is 5.73 Å². The van der Waals surface area contributed by atoms with Gasteiger partial charge in [0.15, 0.2) is 0 Å². The van der Waals surface area contributed by atoms with Gasteiger partial charge in [0.2, 0.25) is 0 Å². The van der Waals surface area contributed by atoms with Crippen LogP contribution in [0.4, 0.5) is 8.78 Å². The van der Waals surface area contributed by atoms with E-state index in [1.165, 1.54) is 23.5 Å². The quantitative estimate of drug-likeness (QED) is 0.870. The molecule has 19 heavy (non-hydrogen) atoms. The van der Waals surface area contributed by atoms with Gasteiger partial charge in [-0.1, -0.05) is 13.8 Å². The molecule has 0 amide bonds. The van der Waals surface area contributed by atoms with Crippen LogP contribution in [0.15, 0.2) is 24.3 Å². The zero-order chi connectivity index (χ0) is 14.2. The van der Waals surface area contributed by atoms with Crippen LogP contribution in [-0.4, -0.2) is 0 Å². The van der Waals surface area contributed by atoms with Crippen molar-refractivity contribution in [3.8, 4) is 10.4 Å². The molecule has 0 radical (unpaired) electrons. The third-order valence-electron chi connectivity index (χ3n) is 3.19. The molecular formula is C15H17F2NS. The van der Waals surface area contributed by atoms with Crippen LogP contribution in [0, 0.1) is 24.5 Å². The monoisotopic (exact) mass is 281 g/mol. The fourth-order valence-electron chi connectivity index (χ4n) is 1.84. The highest BCUT2D eigenvalue weighted by atomic mass is 32.1. The molecular weight excluding hydrogens is 264 g/mol. The maximum atomic E-state index is 13.9. The van der Waals surface area contributed by atoms with Crippen molar-refractivity contribution in [2.45, 2.75) is 26.8 Å². The molecule has 0 bridgehead atoms. The molecule has 2 aromatic rings. The Morgan fingerprint density at radius 2 is 1.79 bits per heavy atom. The Labute approximate surface area is 116 Å². The van der Waals surface area contributed by atoms with Crippen molar-refractivity contribution in [2.24, 2.45) is 11.7 Å². The fourth-order valence-corrected chi connectivity index (χ4v) is 3.04. The lowest BCUT2D eigenvalue weighted by atomic mass is 10.0. The van der Waals surface area contributed by atoms with Crippen LogP contribution >= 0.6 is 11.3 Å². The van der Waals surface area contributed by atoms with Crippen molar-refractivity contribution in [3.05, 3.63) is 46.3 Å². The number of halogens is 2. The van der Waals surface area contributed by atoms with Gasteiger partial charge in [-0.3, -0.25) is 0 Å². The molecule has 0 saturated carbocycles. The van der Waals surface area contributed by atoms with Gasteiger partial charge in [-0.15, -0.1) is 11.3 Å². The van der Waals surface area contributed by atoms with E-state index in [0.717, 1.165) is 4.88 Å². The molecule has 2 N–H and O–H groups in total. The normalized spacial score (nSPS) is 13.0. The molecule has 0 fully saturated rings. The van der Waals surface area contributed by atoms with Gasteiger partial charge in [0.1, 0.15) is 11.6 Å². The van der Waals surface area contributed by atoms with Gasteiger partial charge < -0.3 is 5.73 Å². The molecule has 4 heteroatoms. The highest BCUT2D eigenvalue weighted by molar-refractivity contribution is 7.15. The number of benzene rings is 1. The molecule has 1 aromatic heterocycles. The Balaban J connectivity index is 2.41. The Morgan fingerprint density at radius 1 is 1.11 bits per heavy atom. The molecule has 0 aliphatic heterocycles. The molecule has 2 rings (SSSR count). The van der Waals surface area contributed by atoms with Crippen molar-refractivity contribution in [1.82, 2.24) is 0 Å². The van der Waals surface area contributed by atoms with Crippen LogP contribution in [0.3, 0.4) is 0 Å². The predicted molar refractivity (Wildman–Crippen MR) is 76.2 cm³/mol. The number of aryl methyl sites for hydroxylation is 1. The van der Waals surface area contributed by atoms with E-state index >= 15 is 0 Å². The highest BCUT2D eigenvalue weighted by Gasteiger charge is 2.16. The van der Waals surface area contributed by atoms with E-state index in [-0.39, 0.29) is 11.9 Å². The summed E-state index contributed by atoms with van der Waals surface area (Å²) in [4.78, 5) is 1.70. The van der Waals surface area contributed by atoms with E-state index in [2.05, 4.69) is 0 Å². The second-order valence-corrected chi connectivity index (χ2v) is 6.17. The van der Waals surface area contributed by atoms with Crippen molar-refractivity contribution in [1.29, 1.82) is 0 Å². The van der Waals surface area contributed by atoms with Crippen molar-refractivity contribution < 1.29 is 8.78 Å². The predicted octanol–water partition coefficient (Wildman–Crippen LogP) is 4.66. The second-order valence-electron chi connectivity index (χ2n) is 5.05. The molecule has 1 heterocycles. The Bertz CT molecular complexity index is 590. The molecule has 1 nitrogen and oxygen atoms in total. The lowest BCUT2D eigenvalue weighted by molar-refractivity contribution is 0.521. The van der Waals surface area contributed by atoms with Gasteiger partial charge in [0.05, 0.1) is 0 Å². The fraction of sp³-hybridized carbons (Fsp3) is 0.333. The molecule has 0 aliphatic carbocycles. The average Bonchev–Trinajstić information content (AvgIpc) is 2.81. The first-order chi connectivity index (χ1) is 8.90. The van der Waals surface area contributed by atoms with E-state index < -0.39 is 5.82 Å². The standard InChI is InChI=1S/C15H17F2NS/c1-8(2)15(18)14-5-4-13(19-14)10-7-11(16)9(3)6-12(10)17/h4-8,15H,18H2,1-3H3. The van der Waals surface area contributed by atoms with E-state index in [1.54, 1.807) is 13.0 Å². The van der Waals surface area contributed by atoms with E-state index in [4.69, 9.17) is 5.73 Å². The summed E-state index contributed by atoms with van der Waals surface area (Å²) in [5.41, 5.74) is 6.68. The first-order valence-corrected chi connectivity index (χ1v) is 7.03. The maximum absolute atomic E-state index is 13.9. The van der Waals surface area contributed by atoms with Gasteiger partial charge >= 0.3 is 0 Å². The van der Waals surface area contributed by atoms with Crippen LogP contribution in [0.1, 0.15) is 30.3 Å². The van der Waals surface area contributed by atoms with E-state index in [1.807, 2.05) is 19.9 Å². The van der Waals surface area contributed by atoms with Crippen LogP contribution in [0.2, 0.25) is 0 Å². The smallest absolute Gasteiger partial charge is 0.132 e. The Kier molecular flexibility index (Phi) is 4.02. The van der Waals surface area contributed by atoms with Gasteiger partial charge in [0, 0.05) is 21.4 Å². The summed E-state index contributed by atoms with van der Waals surface area (Å²) in [6, 6.07) is 6.10. The minimum absolute atomic E-state index is 0.0721. The number of nitrogens with two attached hydrogens (primary N) is 1. The third-order valence-corrected chi connectivity index (χ3v) is 4.41. The summed E-state index contributed by atoms with van der Waals surface area (Å²) in [6.07, 6.45) is 0. The number of hydrogen-bond donors (Lipinski definition) is 1. The molecule has 0 spiro atoms. The Morgan fingerprint density at radius 3 is 2.42 bits per heavy atom. The molecule has 1 atom stereocenters. The molecule has 102 valence electrons. The summed E-state index contributed by atoms with van der Waals surface area (Å²) < 4.78 is 27.4. The zero-order valence-corrected chi connectivity index (χ0v) is 12.0. The molecule has 1 aromatic carbocycles. The van der Waals surface area contributed by atoms with Gasteiger partial charge in [0.25, 0.3) is 0 Å². The van der Waals surface area contributed by atoms with E-state index in [9.17, 15) is 8.78 Å². The van der Waals surface area contributed by atoms with Gasteiger partial charge in [-0.05, 0) is 42.7 Å². The maximum Gasteiger partial charge on any atom is 0.132 e.